The minimum Gasteiger partial charge on any atom is -0.494 e. The van der Waals surface area contributed by atoms with Gasteiger partial charge in [-0.15, -0.1) is 0 Å². The normalized spacial score (nSPS) is 12.2. The number of sulfonamides is 1. The van der Waals surface area contributed by atoms with Gasteiger partial charge in [0.2, 0.25) is 21.8 Å². The summed E-state index contributed by atoms with van der Waals surface area (Å²) in [5, 5.41) is 2.92. The summed E-state index contributed by atoms with van der Waals surface area (Å²) in [6.45, 7) is 8.58. The summed E-state index contributed by atoms with van der Waals surface area (Å²) in [6, 6.07) is 15.5. The molecule has 0 aliphatic carbocycles. The molecular formula is C27H39N3O5S. The molecule has 0 unspecified atom stereocenters. The highest BCUT2D eigenvalue weighted by atomic mass is 32.2. The molecule has 0 spiro atoms. The van der Waals surface area contributed by atoms with E-state index in [2.05, 4.69) is 5.32 Å². The van der Waals surface area contributed by atoms with Gasteiger partial charge in [0.1, 0.15) is 18.3 Å². The number of amides is 2. The van der Waals surface area contributed by atoms with E-state index in [0.29, 0.717) is 37.4 Å². The zero-order chi connectivity index (χ0) is 26.7. The molecule has 198 valence electrons. The number of nitrogens with one attached hydrogen (secondary N) is 1. The second kappa shape index (κ2) is 13.9. The van der Waals surface area contributed by atoms with Gasteiger partial charge < -0.3 is 15.0 Å². The number of carbonyl (C=O) groups is 2. The van der Waals surface area contributed by atoms with Gasteiger partial charge in [-0.05, 0) is 55.5 Å². The van der Waals surface area contributed by atoms with Crippen LogP contribution in [0.1, 0.15) is 39.7 Å². The topological polar surface area (TPSA) is 96.0 Å². The van der Waals surface area contributed by atoms with Crippen LogP contribution in [0.25, 0.3) is 0 Å². The van der Waals surface area contributed by atoms with Crippen LogP contribution >= 0.6 is 0 Å². The average molecular weight is 518 g/mol. The Labute approximate surface area is 215 Å². The largest absolute Gasteiger partial charge is 0.494 e. The maximum Gasteiger partial charge on any atom is 0.244 e. The number of hydrogen-bond acceptors (Lipinski definition) is 5. The quantitative estimate of drug-likeness (QED) is 0.414. The van der Waals surface area contributed by atoms with Crippen LogP contribution in [0.4, 0.5) is 5.69 Å². The highest BCUT2D eigenvalue weighted by molar-refractivity contribution is 7.92. The second-order valence-corrected chi connectivity index (χ2v) is 11.0. The maximum absolute atomic E-state index is 13.6. The Bertz CT molecular complexity index is 1070. The lowest BCUT2D eigenvalue weighted by Crippen LogP contribution is -2.53. The molecule has 0 radical (unpaired) electrons. The van der Waals surface area contributed by atoms with Crippen LogP contribution in [0.2, 0.25) is 0 Å². The Balaban J connectivity index is 2.33. The van der Waals surface area contributed by atoms with Crippen molar-refractivity contribution < 1.29 is 22.7 Å². The van der Waals surface area contributed by atoms with Gasteiger partial charge in [0.25, 0.3) is 0 Å². The van der Waals surface area contributed by atoms with Gasteiger partial charge in [0.15, 0.2) is 0 Å². The molecule has 0 fully saturated rings. The first-order chi connectivity index (χ1) is 17.1. The van der Waals surface area contributed by atoms with E-state index in [-0.39, 0.29) is 18.4 Å². The highest BCUT2D eigenvalue weighted by Gasteiger charge is 2.31. The van der Waals surface area contributed by atoms with Gasteiger partial charge in [0.05, 0.1) is 18.6 Å². The zero-order valence-corrected chi connectivity index (χ0v) is 22.8. The number of carbonyl (C=O) groups excluding carboxylic acids is 2. The zero-order valence-electron chi connectivity index (χ0n) is 21.9. The fourth-order valence-electron chi connectivity index (χ4n) is 3.81. The maximum atomic E-state index is 13.6. The summed E-state index contributed by atoms with van der Waals surface area (Å²) < 4.78 is 31.9. The molecule has 0 saturated heterocycles. The van der Waals surface area contributed by atoms with Crippen molar-refractivity contribution in [3.8, 4) is 5.75 Å². The van der Waals surface area contributed by atoms with E-state index in [1.807, 2.05) is 58.0 Å². The molecule has 8 nitrogen and oxygen atoms in total. The predicted octanol–water partition coefficient (Wildman–Crippen LogP) is 3.47. The van der Waals surface area contributed by atoms with Gasteiger partial charge >= 0.3 is 0 Å². The molecular weight excluding hydrogens is 478 g/mol. The minimum absolute atomic E-state index is 0.236. The van der Waals surface area contributed by atoms with Gasteiger partial charge in [-0.3, -0.25) is 13.9 Å². The Morgan fingerprint density at radius 1 is 1.00 bits per heavy atom. The number of ether oxygens (including phenoxy) is 1. The standard InChI is InChI=1S/C27H39N3O5S/c1-6-25(27(32)28-19-21(3)4)29(18-17-22-11-9-8-10-12-22)26(31)20-30(36(5,33)34)23-13-15-24(16-14-23)35-7-2/h8-16,21,25H,6-7,17-20H2,1-5H3,(H,28,32)/t25-/m0/s1. The molecule has 0 aliphatic heterocycles. The number of hydrogen-bond donors (Lipinski definition) is 1. The van der Waals surface area contributed by atoms with Gasteiger partial charge in [-0.2, -0.15) is 0 Å². The van der Waals surface area contributed by atoms with Crippen LogP contribution < -0.4 is 14.4 Å². The summed E-state index contributed by atoms with van der Waals surface area (Å²) >= 11 is 0. The molecule has 1 atom stereocenters. The Hall–Kier alpha value is -3.07. The Morgan fingerprint density at radius 2 is 1.64 bits per heavy atom. The molecule has 0 aliphatic rings. The molecule has 2 rings (SSSR count). The Morgan fingerprint density at radius 3 is 2.17 bits per heavy atom. The summed E-state index contributed by atoms with van der Waals surface area (Å²) in [7, 11) is -3.77. The number of benzene rings is 2. The molecule has 2 amide bonds. The van der Waals surface area contributed by atoms with Gasteiger partial charge in [0, 0.05) is 13.1 Å². The smallest absolute Gasteiger partial charge is 0.244 e. The number of nitrogens with zero attached hydrogens (tertiary/aromatic N) is 2. The monoisotopic (exact) mass is 517 g/mol. The summed E-state index contributed by atoms with van der Waals surface area (Å²) in [5.41, 5.74) is 1.38. The molecule has 1 N–H and O–H groups in total. The number of anilines is 1. The highest BCUT2D eigenvalue weighted by Crippen LogP contribution is 2.22. The van der Waals surface area contributed by atoms with E-state index in [1.54, 1.807) is 24.3 Å². The fraction of sp³-hybridized carbons (Fsp3) is 0.481. The van der Waals surface area contributed by atoms with E-state index >= 15 is 0 Å². The van der Waals surface area contributed by atoms with Crippen LogP contribution in [0, 0.1) is 5.92 Å². The van der Waals surface area contributed by atoms with Crippen molar-refractivity contribution in [3.63, 3.8) is 0 Å². The SMILES string of the molecule is CCOc1ccc(N(CC(=O)N(CCc2ccccc2)[C@@H](CC)C(=O)NCC(C)C)S(C)(=O)=O)cc1. The summed E-state index contributed by atoms with van der Waals surface area (Å²) in [6.07, 6.45) is 2.02. The third-order valence-corrected chi connectivity index (χ3v) is 6.81. The van der Waals surface area contributed by atoms with Crippen molar-refractivity contribution in [2.75, 3.05) is 36.8 Å². The van der Waals surface area contributed by atoms with Gasteiger partial charge in [-0.25, -0.2) is 8.42 Å². The lowest BCUT2D eigenvalue weighted by Gasteiger charge is -2.33. The van der Waals surface area contributed by atoms with Crippen LogP contribution in [-0.2, 0) is 26.0 Å². The van der Waals surface area contributed by atoms with E-state index in [4.69, 9.17) is 4.74 Å². The lowest BCUT2D eigenvalue weighted by molar-refractivity contribution is -0.139. The molecule has 36 heavy (non-hydrogen) atoms. The third-order valence-electron chi connectivity index (χ3n) is 5.67. The van der Waals surface area contributed by atoms with Crippen LogP contribution in [0.3, 0.4) is 0 Å². The van der Waals surface area contributed by atoms with E-state index in [1.165, 1.54) is 4.90 Å². The van der Waals surface area contributed by atoms with Crippen LogP contribution in [0.5, 0.6) is 5.75 Å². The molecule has 2 aromatic carbocycles. The molecule has 0 aromatic heterocycles. The molecule has 2 aromatic rings. The fourth-order valence-corrected chi connectivity index (χ4v) is 4.66. The van der Waals surface area contributed by atoms with Crippen molar-refractivity contribution in [2.45, 2.75) is 46.6 Å². The van der Waals surface area contributed by atoms with Crippen LogP contribution in [0.15, 0.2) is 54.6 Å². The molecule has 0 saturated carbocycles. The van der Waals surface area contributed by atoms with E-state index in [0.717, 1.165) is 16.1 Å². The molecule has 0 bridgehead atoms. The number of rotatable bonds is 14. The van der Waals surface area contributed by atoms with Crippen molar-refractivity contribution in [3.05, 3.63) is 60.2 Å². The summed E-state index contributed by atoms with van der Waals surface area (Å²) in [5.74, 6) is 0.204. The first-order valence-corrected chi connectivity index (χ1v) is 14.2. The average Bonchev–Trinajstić information content (AvgIpc) is 2.84. The van der Waals surface area contributed by atoms with Crippen molar-refractivity contribution >= 4 is 27.5 Å². The lowest BCUT2D eigenvalue weighted by atomic mass is 10.1. The first kappa shape index (κ1) is 29.2. The van der Waals surface area contributed by atoms with Crippen LogP contribution in [-0.4, -0.2) is 63.7 Å². The predicted molar refractivity (Wildman–Crippen MR) is 144 cm³/mol. The van der Waals surface area contributed by atoms with E-state index in [9.17, 15) is 18.0 Å². The van der Waals surface area contributed by atoms with Crippen molar-refractivity contribution in [1.82, 2.24) is 10.2 Å². The third kappa shape index (κ3) is 8.86. The molecule has 9 heteroatoms. The molecule has 0 heterocycles. The van der Waals surface area contributed by atoms with Crippen molar-refractivity contribution in [1.29, 1.82) is 0 Å². The first-order valence-electron chi connectivity index (χ1n) is 12.4. The van der Waals surface area contributed by atoms with E-state index < -0.39 is 28.5 Å². The minimum atomic E-state index is -3.77. The Kier molecular flexibility index (Phi) is 11.2. The summed E-state index contributed by atoms with van der Waals surface area (Å²) in [4.78, 5) is 28.2. The second-order valence-electron chi connectivity index (χ2n) is 9.08. The van der Waals surface area contributed by atoms with Gasteiger partial charge in [-0.1, -0.05) is 51.1 Å². The van der Waals surface area contributed by atoms with Crippen molar-refractivity contribution in [2.24, 2.45) is 5.92 Å².